The van der Waals surface area contributed by atoms with Gasteiger partial charge in [-0.05, 0) is 48.6 Å². The number of nitrogens with one attached hydrogen (secondary N) is 1. The number of rotatable bonds is 8. The first-order valence-corrected chi connectivity index (χ1v) is 13.5. The lowest BCUT2D eigenvalue weighted by atomic mass is 9.85. The molecule has 0 saturated carbocycles. The van der Waals surface area contributed by atoms with Gasteiger partial charge in [0.25, 0.3) is 5.91 Å². The number of hydrogen-bond acceptors (Lipinski definition) is 4. The molecule has 3 aromatic carbocycles. The maximum Gasteiger partial charge on any atom is 0.250 e. The van der Waals surface area contributed by atoms with Crippen molar-refractivity contribution in [3.8, 4) is 0 Å². The number of piperidine rings is 1. The molecule has 2 fully saturated rings. The highest BCUT2D eigenvalue weighted by molar-refractivity contribution is 5.97. The number of nitrogens with zero attached hydrogens (tertiary/aromatic N) is 3. The molecule has 0 aliphatic carbocycles. The van der Waals surface area contributed by atoms with E-state index in [1.165, 1.54) is 0 Å². The molecule has 7 nitrogen and oxygen atoms in total. The van der Waals surface area contributed by atoms with Gasteiger partial charge in [-0.2, -0.15) is 0 Å². The number of carbonyl (C=O) groups is 3. The van der Waals surface area contributed by atoms with Gasteiger partial charge in [-0.15, -0.1) is 0 Å². The molecule has 2 aliphatic heterocycles. The van der Waals surface area contributed by atoms with Crippen molar-refractivity contribution >= 4 is 29.5 Å². The number of amides is 3. The zero-order valence-corrected chi connectivity index (χ0v) is 22.0. The summed E-state index contributed by atoms with van der Waals surface area (Å²) in [6.45, 7) is 1.83. The highest BCUT2D eigenvalue weighted by Crippen LogP contribution is 2.39. The van der Waals surface area contributed by atoms with Crippen LogP contribution in [0.4, 0.5) is 5.69 Å². The van der Waals surface area contributed by atoms with Crippen molar-refractivity contribution in [2.24, 2.45) is 0 Å². The van der Waals surface area contributed by atoms with Crippen molar-refractivity contribution in [3.63, 3.8) is 0 Å². The lowest BCUT2D eigenvalue weighted by molar-refractivity contribution is -0.138. The second kappa shape index (κ2) is 12.0. The summed E-state index contributed by atoms with van der Waals surface area (Å²) in [6.07, 6.45) is 5.19. The van der Waals surface area contributed by atoms with Crippen LogP contribution in [0.5, 0.6) is 0 Å². The number of hydrogen-bond donors (Lipinski definition) is 1. The normalized spacial score (nSPS) is 16.7. The summed E-state index contributed by atoms with van der Waals surface area (Å²) in [4.78, 5) is 45.1. The maximum absolute atomic E-state index is 13.9. The molecule has 1 N–H and O–H groups in total. The van der Waals surface area contributed by atoms with E-state index in [-0.39, 0.29) is 24.3 Å². The molecule has 0 aromatic heterocycles. The lowest BCUT2D eigenvalue weighted by Crippen LogP contribution is -2.57. The van der Waals surface area contributed by atoms with E-state index >= 15 is 0 Å². The van der Waals surface area contributed by atoms with Gasteiger partial charge in [0.15, 0.2) is 0 Å². The smallest absolute Gasteiger partial charge is 0.250 e. The van der Waals surface area contributed by atoms with Crippen LogP contribution in [0.1, 0.15) is 24.0 Å². The second-order valence-corrected chi connectivity index (χ2v) is 10.1. The fourth-order valence-electron chi connectivity index (χ4n) is 5.48. The van der Waals surface area contributed by atoms with Crippen LogP contribution in [0.15, 0.2) is 97.1 Å². The minimum absolute atomic E-state index is 0.0150. The first kappa shape index (κ1) is 26.2. The third-order valence-electron chi connectivity index (χ3n) is 7.62. The first-order chi connectivity index (χ1) is 19.0. The highest BCUT2D eigenvalue weighted by Gasteiger charge is 2.54. The van der Waals surface area contributed by atoms with Gasteiger partial charge in [0.1, 0.15) is 12.1 Å². The van der Waals surface area contributed by atoms with Gasteiger partial charge in [-0.25, -0.2) is 0 Å². The molecular formula is C32H34N4O3. The Bertz CT molecular complexity index is 1300. The van der Waals surface area contributed by atoms with E-state index in [1.54, 1.807) is 15.9 Å². The largest absolute Gasteiger partial charge is 0.354 e. The van der Waals surface area contributed by atoms with Crippen LogP contribution < -0.4 is 10.2 Å². The average molecular weight is 523 g/mol. The summed E-state index contributed by atoms with van der Waals surface area (Å²) < 4.78 is 0. The minimum atomic E-state index is -0.772. The van der Waals surface area contributed by atoms with Crippen LogP contribution in [0.25, 0.3) is 6.08 Å². The third kappa shape index (κ3) is 6.03. The van der Waals surface area contributed by atoms with Crippen molar-refractivity contribution in [1.29, 1.82) is 0 Å². The molecular weight excluding hydrogens is 488 g/mol. The zero-order chi connectivity index (χ0) is 27.1. The van der Waals surface area contributed by atoms with Gasteiger partial charge in [0.2, 0.25) is 11.8 Å². The maximum atomic E-state index is 13.9. The minimum Gasteiger partial charge on any atom is -0.354 e. The molecule has 7 heteroatoms. The average Bonchev–Trinajstić information content (AvgIpc) is 3.24. The SMILES string of the molecule is O=C(CN1CN(c2ccccc2)C2(CCN(C(=O)C=Cc3ccccc3)CC2)C1=O)NCCc1ccccc1. The highest BCUT2D eigenvalue weighted by atomic mass is 16.2. The summed E-state index contributed by atoms with van der Waals surface area (Å²) in [6, 6.07) is 29.6. The molecule has 0 unspecified atom stereocenters. The number of likely N-dealkylation sites (tertiary alicyclic amines) is 1. The van der Waals surface area contributed by atoms with Crippen LogP contribution in [-0.2, 0) is 20.8 Å². The third-order valence-corrected chi connectivity index (χ3v) is 7.62. The van der Waals surface area contributed by atoms with Crippen LogP contribution in [-0.4, -0.2) is 65.9 Å². The topological polar surface area (TPSA) is 73.0 Å². The molecule has 2 saturated heterocycles. The summed E-state index contributed by atoms with van der Waals surface area (Å²) in [5, 5.41) is 2.96. The van der Waals surface area contributed by atoms with E-state index in [9.17, 15) is 14.4 Å². The van der Waals surface area contributed by atoms with Crippen LogP contribution in [0, 0.1) is 0 Å². The van der Waals surface area contributed by atoms with Gasteiger partial charge in [-0.3, -0.25) is 14.4 Å². The molecule has 200 valence electrons. The van der Waals surface area contributed by atoms with Gasteiger partial charge in [0, 0.05) is 31.4 Å². The van der Waals surface area contributed by atoms with Gasteiger partial charge in [-0.1, -0.05) is 78.9 Å². The number of carbonyl (C=O) groups excluding carboxylic acids is 3. The summed E-state index contributed by atoms with van der Waals surface area (Å²) >= 11 is 0. The predicted octanol–water partition coefficient (Wildman–Crippen LogP) is 3.73. The summed E-state index contributed by atoms with van der Waals surface area (Å²) in [5.74, 6) is -0.264. The first-order valence-electron chi connectivity index (χ1n) is 13.5. The van der Waals surface area contributed by atoms with Crippen LogP contribution in [0.2, 0.25) is 0 Å². The molecule has 2 heterocycles. The Hall–Kier alpha value is -4.39. The summed E-state index contributed by atoms with van der Waals surface area (Å²) in [5.41, 5.74) is 2.30. The quantitative estimate of drug-likeness (QED) is 0.458. The Morgan fingerprint density at radius 1 is 0.846 bits per heavy atom. The fourth-order valence-corrected chi connectivity index (χ4v) is 5.48. The van der Waals surface area contributed by atoms with E-state index < -0.39 is 5.54 Å². The Morgan fingerprint density at radius 2 is 1.46 bits per heavy atom. The lowest BCUT2D eigenvalue weighted by Gasteiger charge is -2.43. The van der Waals surface area contributed by atoms with Crippen molar-refractivity contribution in [3.05, 3.63) is 108 Å². The molecule has 2 aliphatic rings. The molecule has 0 radical (unpaired) electrons. The standard InChI is InChI=1S/C32H34N4O3/c37-29(33-21-18-27-12-6-2-7-13-27)24-35-25-36(28-14-8-3-9-15-28)32(31(35)39)19-22-34(23-20-32)30(38)17-16-26-10-4-1-5-11-26/h1-17H,18-25H2,(H,33,37). The molecule has 0 bridgehead atoms. The van der Waals surface area contributed by atoms with Crippen molar-refractivity contribution in [2.45, 2.75) is 24.8 Å². The Kier molecular flexibility index (Phi) is 8.06. The molecule has 39 heavy (non-hydrogen) atoms. The summed E-state index contributed by atoms with van der Waals surface area (Å²) in [7, 11) is 0. The molecule has 1 spiro atoms. The van der Waals surface area contributed by atoms with Gasteiger partial charge < -0.3 is 20.0 Å². The van der Waals surface area contributed by atoms with E-state index in [0.29, 0.717) is 39.1 Å². The Balaban J connectivity index is 1.24. The Labute approximate surface area is 229 Å². The van der Waals surface area contributed by atoms with Crippen LogP contribution >= 0.6 is 0 Å². The van der Waals surface area contributed by atoms with Crippen molar-refractivity contribution in [1.82, 2.24) is 15.1 Å². The Morgan fingerprint density at radius 3 is 2.13 bits per heavy atom. The number of benzene rings is 3. The van der Waals surface area contributed by atoms with E-state index in [1.807, 2.05) is 97.1 Å². The number of anilines is 1. The van der Waals surface area contributed by atoms with E-state index in [4.69, 9.17) is 0 Å². The van der Waals surface area contributed by atoms with Crippen molar-refractivity contribution < 1.29 is 14.4 Å². The predicted molar refractivity (Wildman–Crippen MR) is 153 cm³/mol. The van der Waals surface area contributed by atoms with E-state index in [2.05, 4.69) is 10.2 Å². The van der Waals surface area contributed by atoms with Crippen LogP contribution in [0.3, 0.4) is 0 Å². The zero-order valence-electron chi connectivity index (χ0n) is 22.0. The van der Waals surface area contributed by atoms with E-state index in [0.717, 1.165) is 23.2 Å². The molecule has 0 atom stereocenters. The molecule has 3 aromatic rings. The number of para-hydroxylation sites is 1. The van der Waals surface area contributed by atoms with Gasteiger partial charge >= 0.3 is 0 Å². The molecule has 3 amide bonds. The fraction of sp³-hybridized carbons (Fsp3) is 0.281. The van der Waals surface area contributed by atoms with Crippen molar-refractivity contribution in [2.75, 3.05) is 37.7 Å². The van der Waals surface area contributed by atoms with Gasteiger partial charge in [0.05, 0.1) is 6.67 Å². The second-order valence-electron chi connectivity index (χ2n) is 10.1. The monoisotopic (exact) mass is 522 g/mol. The molecule has 5 rings (SSSR count).